The lowest BCUT2D eigenvalue weighted by molar-refractivity contribution is 0.0138. The largest absolute Gasteiger partial charge is 0.374 e. The topological polar surface area (TPSA) is 35.2 Å². The van der Waals surface area contributed by atoms with E-state index < -0.39 is 0 Å². The zero-order valence-electron chi connectivity index (χ0n) is 9.06. The summed E-state index contributed by atoms with van der Waals surface area (Å²) < 4.78 is 5.86. The second-order valence-electron chi connectivity index (χ2n) is 4.33. The van der Waals surface area contributed by atoms with E-state index in [0.717, 1.165) is 32.3 Å². The van der Waals surface area contributed by atoms with Crippen LogP contribution < -0.4 is 5.73 Å². The zero-order chi connectivity index (χ0) is 10.5. The highest BCUT2D eigenvalue weighted by Crippen LogP contribution is 2.20. The van der Waals surface area contributed by atoms with Gasteiger partial charge >= 0.3 is 0 Å². The van der Waals surface area contributed by atoms with Crippen molar-refractivity contribution in [2.45, 2.75) is 44.4 Å². The molecule has 0 heterocycles. The summed E-state index contributed by atoms with van der Waals surface area (Å²) in [4.78, 5) is 0. The van der Waals surface area contributed by atoms with Gasteiger partial charge in [-0.15, -0.1) is 0 Å². The van der Waals surface area contributed by atoms with Gasteiger partial charge in [-0.1, -0.05) is 30.3 Å². The van der Waals surface area contributed by atoms with Gasteiger partial charge < -0.3 is 10.5 Å². The summed E-state index contributed by atoms with van der Waals surface area (Å²) in [7, 11) is 0. The Morgan fingerprint density at radius 3 is 2.40 bits per heavy atom. The molecule has 0 saturated heterocycles. The summed E-state index contributed by atoms with van der Waals surface area (Å²) in [5.41, 5.74) is 7.11. The number of benzene rings is 1. The number of hydrogen-bond acceptors (Lipinski definition) is 2. The van der Waals surface area contributed by atoms with E-state index in [1.807, 2.05) is 6.07 Å². The molecule has 2 heteroatoms. The molecular formula is C13H19NO. The molecule has 0 aliphatic heterocycles. The first-order valence-corrected chi connectivity index (χ1v) is 5.75. The van der Waals surface area contributed by atoms with Crippen molar-refractivity contribution in [1.29, 1.82) is 0 Å². The van der Waals surface area contributed by atoms with Crippen LogP contribution in [0.4, 0.5) is 0 Å². The quantitative estimate of drug-likeness (QED) is 0.822. The van der Waals surface area contributed by atoms with Crippen molar-refractivity contribution in [3.63, 3.8) is 0 Å². The minimum atomic E-state index is 0.404. The monoisotopic (exact) mass is 205 g/mol. The minimum absolute atomic E-state index is 0.404. The third-order valence-electron chi connectivity index (χ3n) is 3.05. The number of rotatable bonds is 3. The summed E-state index contributed by atoms with van der Waals surface area (Å²) in [6.07, 6.45) is 4.88. The minimum Gasteiger partial charge on any atom is -0.374 e. The Morgan fingerprint density at radius 1 is 1.07 bits per heavy atom. The normalized spacial score (nSPS) is 26.5. The molecule has 82 valence electrons. The van der Waals surface area contributed by atoms with E-state index in [1.54, 1.807) is 0 Å². The van der Waals surface area contributed by atoms with Crippen LogP contribution in [0.25, 0.3) is 0 Å². The lowest BCUT2D eigenvalue weighted by Crippen LogP contribution is -2.30. The van der Waals surface area contributed by atoms with E-state index in [2.05, 4.69) is 24.3 Å². The lowest BCUT2D eigenvalue weighted by Gasteiger charge is -2.26. The van der Waals surface area contributed by atoms with Gasteiger partial charge in [-0.2, -0.15) is 0 Å². The van der Waals surface area contributed by atoms with Gasteiger partial charge in [-0.05, 0) is 31.2 Å². The van der Waals surface area contributed by atoms with Crippen LogP contribution in [0.1, 0.15) is 31.2 Å². The average Bonchev–Trinajstić information content (AvgIpc) is 2.30. The van der Waals surface area contributed by atoms with Crippen molar-refractivity contribution in [1.82, 2.24) is 0 Å². The lowest BCUT2D eigenvalue weighted by atomic mass is 9.94. The third-order valence-corrected chi connectivity index (χ3v) is 3.05. The van der Waals surface area contributed by atoms with E-state index in [0.29, 0.717) is 12.1 Å². The standard InChI is InChI=1S/C13H19NO/c14-12-6-8-13(9-7-12)15-10-11-4-2-1-3-5-11/h1-5,12-13H,6-10,14H2. The molecule has 1 aliphatic carbocycles. The molecule has 2 N–H and O–H groups in total. The van der Waals surface area contributed by atoms with E-state index >= 15 is 0 Å². The zero-order valence-corrected chi connectivity index (χ0v) is 9.06. The molecule has 0 unspecified atom stereocenters. The molecule has 0 spiro atoms. The van der Waals surface area contributed by atoms with Crippen LogP contribution in [0, 0.1) is 0 Å². The average molecular weight is 205 g/mol. The van der Waals surface area contributed by atoms with E-state index in [1.165, 1.54) is 5.56 Å². The van der Waals surface area contributed by atoms with Gasteiger partial charge in [0.1, 0.15) is 0 Å². The molecule has 1 aliphatic rings. The Balaban J connectivity index is 1.74. The molecule has 1 fully saturated rings. The fraction of sp³-hybridized carbons (Fsp3) is 0.538. The fourth-order valence-electron chi connectivity index (χ4n) is 2.04. The van der Waals surface area contributed by atoms with Gasteiger partial charge in [0.05, 0.1) is 12.7 Å². The van der Waals surface area contributed by atoms with Gasteiger partial charge in [0.2, 0.25) is 0 Å². The summed E-state index contributed by atoms with van der Waals surface area (Å²) >= 11 is 0. The Hall–Kier alpha value is -0.860. The fourth-order valence-corrected chi connectivity index (χ4v) is 2.04. The maximum Gasteiger partial charge on any atom is 0.0720 e. The van der Waals surface area contributed by atoms with Crippen molar-refractivity contribution in [2.75, 3.05) is 0 Å². The Kier molecular flexibility index (Phi) is 3.75. The molecule has 0 amide bonds. The van der Waals surface area contributed by atoms with Crippen LogP contribution in [0.2, 0.25) is 0 Å². The van der Waals surface area contributed by atoms with Crippen molar-refractivity contribution in [3.05, 3.63) is 35.9 Å². The predicted molar refractivity (Wildman–Crippen MR) is 61.5 cm³/mol. The van der Waals surface area contributed by atoms with Crippen LogP contribution in [0.5, 0.6) is 0 Å². The van der Waals surface area contributed by atoms with E-state index in [4.69, 9.17) is 10.5 Å². The second-order valence-corrected chi connectivity index (χ2v) is 4.33. The molecular weight excluding hydrogens is 186 g/mol. The Labute approximate surface area is 91.4 Å². The molecule has 2 rings (SSSR count). The van der Waals surface area contributed by atoms with Gasteiger partial charge in [0.15, 0.2) is 0 Å². The van der Waals surface area contributed by atoms with Crippen LogP contribution in [0.15, 0.2) is 30.3 Å². The molecule has 0 aromatic heterocycles. The van der Waals surface area contributed by atoms with E-state index in [9.17, 15) is 0 Å². The molecule has 1 saturated carbocycles. The van der Waals surface area contributed by atoms with Crippen LogP contribution in [0.3, 0.4) is 0 Å². The first-order chi connectivity index (χ1) is 7.34. The first kappa shape index (κ1) is 10.7. The Bertz CT molecular complexity index is 278. The van der Waals surface area contributed by atoms with Crippen LogP contribution in [-0.2, 0) is 11.3 Å². The second kappa shape index (κ2) is 5.29. The smallest absolute Gasteiger partial charge is 0.0720 e. The molecule has 2 nitrogen and oxygen atoms in total. The molecule has 0 bridgehead atoms. The first-order valence-electron chi connectivity index (χ1n) is 5.75. The summed E-state index contributed by atoms with van der Waals surface area (Å²) in [5, 5.41) is 0. The maximum absolute atomic E-state index is 5.86. The molecule has 15 heavy (non-hydrogen) atoms. The summed E-state index contributed by atoms with van der Waals surface area (Å²) in [5.74, 6) is 0. The third kappa shape index (κ3) is 3.33. The SMILES string of the molecule is NC1CCC(OCc2ccccc2)CC1. The van der Waals surface area contributed by atoms with Crippen molar-refractivity contribution < 1.29 is 4.74 Å². The highest BCUT2D eigenvalue weighted by molar-refractivity contribution is 5.13. The van der Waals surface area contributed by atoms with Gasteiger partial charge in [-0.25, -0.2) is 0 Å². The van der Waals surface area contributed by atoms with Crippen molar-refractivity contribution >= 4 is 0 Å². The van der Waals surface area contributed by atoms with Gasteiger partial charge in [-0.3, -0.25) is 0 Å². The number of nitrogens with two attached hydrogens (primary N) is 1. The van der Waals surface area contributed by atoms with Gasteiger partial charge in [0, 0.05) is 6.04 Å². The Morgan fingerprint density at radius 2 is 1.73 bits per heavy atom. The number of hydrogen-bond donors (Lipinski definition) is 1. The molecule has 0 radical (unpaired) electrons. The summed E-state index contributed by atoms with van der Waals surface area (Å²) in [6.45, 7) is 0.737. The van der Waals surface area contributed by atoms with Gasteiger partial charge in [0.25, 0.3) is 0 Å². The van der Waals surface area contributed by atoms with Crippen LogP contribution in [-0.4, -0.2) is 12.1 Å². The molecule has 1 aromatic carbocycles. The van der Waals surface area contributed by atoms with Crippen molar-refractivity contribution in [3.8, 4) is 0 Å². The predicted octanol–water partition coefficient (Wildman–Crippen LogP) is 2.47. The van der Waals surface area contributed by atoms with Crippen LogP contribution >= 0.6 is 0 Å². The summed E-state index contributed by atoms with van der Waals surface area (Å²) in [6, 6.07) is 10.7. The molecule has 0 atom stereocenters. The molecule has 1 aromatic rings. The maximum atomic E-state index is 5.86. The highest BCUT2D eigenvalue weighted by Gasteiger charge is 2.18. The number of ether oxygens (including phenoxy) is 1. The van der Waals surface area contributed by atoms with Crippen molar-refractivity contribution in [2.24, 2.45) is 5.73 Å². The highest BCUT2D eigenvalue weighted by atomic mass is 16.5. The van der Waals surface area contributed by atoms with E-state index in [-0.39, 0.29) is 0 Å².